The molecule has 7 nitrogen and oxygen atoms in total. The summed E-state index contributed by atoms with van der Waals surface area (Å²) in [5.41, 5.74) is 3.70. The van der Waals surface area contributed by atoms with Crippen LogP contribution in [0.3, 0.4) is 0 Å². The maximum absolute atomic E-state index is 12.9. The number of rotatable bonds is 3. The fourth-order valence-corrected chi connectivity index (χ4v) is 4.31. The third-order valence-corrected chi connectivity index (χ3v) is 6.13. The molecule has 2 bridgehead atoms. The van der Waals surface area contributed by atoms with Crippen molar-refractivity contribution < 1.29 is 4.79 Å². The van der Waals surface area contributed by atoms with Crippen molar-refractivity contribution in [2.24, 2.45) is 7.05 Å². The fourth-order valence-electron chi connectivity index (χ4n) is 3.90. The van der Waals surface area contributed by atoms with Gasteiger partial charge in [0.05, 0.1) is 12.1 Å². The lowest BCUT2D eigenvalue weighted by Crippen LogP contribution is -2.70. The summed E-state index contributed by atoms with van der Waals surface area (Å²) in [4.78, 5) is 26.5. The number of amides is 1. The van der Waals surface area contributed by atoms with Gasteiger partial charge in [0.15, 0.2) is 10.9 Å². The van der Waals surface area contributed by atoms with E-state index in [9.17, 15) is 4.79 Å². The van der Waals surface area contributed by atoms with E-state index in [1.165, 1.54) is 0 Å². The summed E-state index contributed by atoms with van der Waals surface area (Å²) in [5, 5.41) is 5.16. The average molecular weight is 372 g/mol. The van der Waals surface area contributed by atoms with Gasteiger partial charge < -0.3 is 9.80 Å². The van der Waals surface area contributed by atoms with E-state index in [0.717, 1.165) is 47.4 Å². The second kappa shape index (κ2) is 6.26. The molecule has 2 aromatic heterocycles. The zero-order chi connectivity index (χ0) is 18.6. The van der Waals surface area contributed by atoms with Crippen molar-refractivity contribution in [1.29, 1.82) is 0 Å². The van der Waals surface area contributed by atoms with E-state index in [-0.39, 0.29) is 18.0 Å². The quantitative estimate of drug-likeness (QED) is 0.606. The molecule has 0 N–H and O–H groups in total. The number of fused-ring (bicyclic) bond motifs is 2. The van der Waals surface area contributed by atoms with Crippen molar-refractivity contribution in [3.05, 3.63) is 28.7 Å². The van der Waals surface area contributed by atoms with E-state index in [4.69, 9.17) is 4.98 Å². The minimum absolute atomic E-state index is 0.0509. The summed E-state index contributed by atoms with van der Waals surface area (Å²) in [6.45, 7) is 7.71. The molecular weight excluding hydrogens is 348 g/mol. The van der Waals surface area contributed by atoms with Crippen LogP contribution >= 0.6 is 11.8 Å². The van der Waals surface area contributed by atoms with Gasteiger partial charge in [0.25, 0.3) is 5.91 Å². The zero-order valence-electron chi connectivity index (χ0n) is 15.9. The number of hydrogen-bond acceptors (Lipinski definition) is 6. The highest BCUT2D eigenvalue weighted by atomic mass is 32.2. The summed E-state index contributed by atoms with van der Waals surface area (Å²) in [5.74, 6) is 1.06. The van der Waals surface area contributed by atoms with Gasteiger partial charge in [-0.3, -0.25) is 9.48 Å². The predicted octanol–water partition coefficient (Wildman–Crippen LogP) is 1.96. The summed E-state index contributed by atoms with van der Waals surface area (Å²) in [6.07, 6.45) is 3.06. The van der Waals surface area contributed by atoms with E-state index < -0.39 is 0 Å². The van der Waals surface area contributed by atoms with Crippen molar-refractivity contribution in [3.8, 4) is 0 Å². The maximum atomic E-state index is 12.9. The molecule has 2 aromatic rings. The Kier molecular flexibility index (Phi) is 4.17. The standard InChI is InChI=1S/C18H24N6OS/c1-10-6-15(21-22(10)4)17(25)24-13-7-14(24)9-23(8-13)16-11(2)12(3)19-18(20-16)26-5/h6,13-14H,7-9H2,1-5H3. The second-order valence-electron chi connectivity index (χ2n) is 7.20. The highest BCUT2D eigenvalue weighted by molar-refractivity contribution is 7.98. The normalized spacial score (nSPS) is 21.7. The number of anilines is 1. The van der Waals surface area contributed by atoms with E-state index in [1.54, 1.807) is 16.4 Å². The summed E-state index contributed by atoms with van der Waals surface area (Å²) < 4.78 is 1.76. The summed E-state index contributed by atoms with van der Waals surface area (Å²) >= 11 is 1.56. The van der Waals surface area contributed by atoms with Crippen LogP contribution in [0.25, 0.3) is 0 Å². The van der Waals surface area contributed by atoms with Crippen molar-refractivity contribution in [2.75, 3.05) is 24.2 Å². The summed E-state index contributed by atoms with van der Waals surface area (Å²) in [6, 6.07) is 2.34. The fraction of sp³-hybridized carbons (Fsp3) is 0.556. The van der Waals surface area contributed by atoms with Crippen LogP contribution in [0.5, 0.6) is 0 Å². The smallest absolute Gasteiger partial charge is 0.274 e. The van der Waals surface area contributed by atoms with Crippen LogP contribution in [-0.4, -0.2) is 62.0 Å². The number of hydrogen-bond donors (Lipinski definition) is 0. The van der Waals surface area contributed by atoms with Gasteiger partial charge in [0.2, 0.25) is 0 Å². The van der Waals surface area contributed by atoms with Crippen molar-refractivity contribution >= 4 is 23.5 Å². The van der Waals surface area contributed by atoms with Crippen molar-refractivity contribution in [2.45, 2.75) is 44.4 Å². The highest BCUT2D eigenvalue weighted by Crippen LogP contribution is 2.36. The molecule has 0 spiro atoms. The number of nitrogens with zero attached hydrogens (tertiary/aromatic N) is 6. The SMILES string of the molecule is CSc1nc(C)c(C)c(N2CC3CC(C2)N3C(=O)c2cc(C)n(C)n2)n1. The lowest BCUT2D eigenvalue weighted by Gasteiger charge is -2.56. The maximum Gasteiger partial charge on any atom is 0.274 e. The third kappa shape index (κ3) is 2.67. The number of thioether (sulfide) groups is 1. The second-order valence-corrected chi connectivity index (χ2v) is 7.97. The number of piperazine rings is 1. The number of carbonyl (C=O) groups excluding carboxylic acids is 1. The lowest BCUT2D eigenvalue weighted by atomic mass is 9.86. The van der Waals surface area contributed by atoms with Gasteiger partial charge in [-0.25, -0.2) is 9.97 Å². The molecule has 0 aliphatic carbocycles. The molecule has 26 heavy (non-hydrogen) atoms. The monoisotopic (exact) mass is 372 g/mol. The van der Waals surface area contributed by atoms with Crippen LogP contribution in [-0.2, 0) is 7.05 Å². The minimum atomic E-state index is 0.0509. The Bertz CT molecular complexity index is 847. The van der Waals surface area contributed by atoms with Crippen LogP contribution in [0.1, 0.15) is 33.9 Å². The third-order valence-electron chi connectivity index (χ3n) is 5.59. The Hall–Kier alpha value is -2.09. The van der Waals surface area contributed by atoms with Gasteiger partial charge >= 0.3 is 0 Å². The molecule has 1 amide bonds. The number of aromatic nitrogens is 4. The first-order valence-electron chi connectivity index (χ1n) is 8.86. The van der Waals surface area contributed by atoms with Gasteiger partial charge in [-0.1, -0.05) is 11.8 Å². The molecule has 5 heterocycles. The van der Waals surface area contributed by atoms with Crippen LogP contribution in [0, 0.1) is 20.8 Å². The summed E-state index contributed by atoms with van der Waals surface area (Å²) in [7, 11) is 1.87. The van der Waals surface area contributed by atoms with Crippen LogP contribution in [0.15, 0.2) is 11.2 Å². The molecule has 8 heteroatoms. The Morgan fingerprint density at radius 1 is 1.19 bits per heavy atom. The van der Waals surface area contributed by atoms with Crippen molar-refractivity contribution in [3.63, 3.8) is 0 Å². The van der Waals surface area contributed by atoms with E-state index in [0.29, 0.717) is 5.69 Å². The Labute approximate surface area is 157 Å². The molecule has 138 valence electrons. The molecular formula is C18H24N6OS. The molecule has 0 radical (unpaired) electrons. The van der Waals surface area contributed by atoms with Gasteiger partial charge in [-0.05, 0) is 39.5 Å². The molecule has 3 aliphatic heterocycles. The van der Waals surface area contributed by atoms with Gasteiger partial charge in [0.1, 0.15) is 5.82 Å². The van der Waals surface area contributed by atoms with Crippen LogP contribution < -0.4 is 4.90 Å². The first-order chi connectivity index (χ1) is 12.4. The Morgan fingerprint density at radius 3 is 2.46 bits per heavy atom. The minimum Gasteiger partial charge on any atom is -0.352 e. The van der Waals surface area contributed by atoms with Gasteiger partial charge in [0, 0.05) is 37.1 Å². The first-order valence-corrected chi connectivity index (χ1v) is 10.1. The molecule has 5 rings (SSSR count). The van der Waals surface area contributed by atoms with Crippen molar-refractivity contribution in [1.82, 2.24) is 24.6 Å². The Balaban J connectivity index is 1.54. The first kappa shape index (κ1) is 17.3. The van der Waals surface area contributed by atoms with Crippen LogP contribution in [0.2, 0.25) is 0 Å². The molecule has 0 aromatic carbocycles. The van der Waals surface area contributed by atoms with Crippen LogP contribution in [0.4, 0.5) is 5.82 Å². The predicted molar refractivity (Wildman–Crippen MR) is 102 cm³/mol. The Morgan fingerprint density at radius 2 is 1.88 bits per heavy atom. The molecule has 3 fully saturated rings. The highest BCUT2D eigenvalue weighted by Gasteiger charge is 2.48. The number of aryl methyl sites for hydroxylation is 3. The molecule has 0 saturated carbocycles. The van der Waals surface area contributed by atoms with E-state index >= 15 is 0 Å². The molecule has 2 atom stereocenters. The molecule has 2 unspecified atom stereocenters. The van der Waals surface area contributed by atoms with Gasteiger partial charge in [-0.15, -0.1) is 0 Å². The van der Waals surface area contributed by atoms with E-state index in [1.807, 2.05) is 38.1 Å². The molecule has 3 saturated heterocycles. The average Bonchev–Trinajstić information content (AvgIpc) is 2.96. The van der Waals surface area contributed by atoms with Gasteiger partial charge in [-0.2, -0.15) is 5.10 Å². The van der Waals surface area contributed by atoms with E-state index in [2.05, 4.69) is 21.9 Å². The topological polar surface area (TPSA) is 67.2 Å². The zero-order valence-corrected chi connectivity index (χ0v) is 16.7. The largest absolute Gasteiger partial charge is 0.352 e. The number of piperidine rings is 1. The molecule has 3 aliphatic rings. The number of carbonyl (C=O) groups is 1. The lowest BCUT2D eigenvalue weighted by molar-refractivity contribution is 0.00513.